The Hall–Kier alpha value is -1.02. The first-order chi connectivity index (χ1) is 6.31. The van der Waals surface area contributed by atoms with Crippen LogP contribution in [0, 0.1) is 5.92 Å². The highest BCUT2D eigenvalue weighted by atomic mass is 15.0. The van der Waals surface area contributed by atoms with E-state index in [9.17, 15) is 0 Å². The largest absolute Gasteiger partial charge is 0.381 e. The van der Waals surface area contributed by atoms with Crippen LogP contribution in [0.4, 0.5) is 5.69 Å². The number of hydrogen-bond acceptors (Lipinski definition) is 2. The summed E-state index contributed by atoms with van der Waals surface area (Å²) in [6, 6.07) is 9.02. The van der Waals surface area contributed by atoms with Gasteiger partial charge in [-0.1, -0.05) is 25.1 Å². The summed E-state index contributed by atoms with van der Waals surface area (Å²) in [5.41, 5.74) is 8.36. The maximum Gasteiger partial charge on any atom is 0.0375 e. The third-order valence-electron chi connectivity index (χ3n) is 2.86. The third kappa shape index (κ3) is 1.54. The molecule has 3 N–H and O–H groups in total. The smallest absolute Gasteiger partial charge is 0.0375 e. The Labute approximate surface area is 79.1 Å². The van der Waals surface area contributed by atoms with Crippen molar-refractivity contribution < 1.29 is 0 Å². The standard InChI is InChI=1S/C11H16N2/c1-8(7-12)11-6-9-4-2-3-5-10(9)13-11/h2-5,8,11,13H,6-7,12H2,1H3. The second kappa shape index (κ2) is 3.38. The lowest BCUT2D eigenvalue weighted by Crippen LogP contribution is -2.30. The lowest BCUT2D eigenvalue weighted by Gasteiger charge is -2.17. The fraction of sp³-hybridized carbons (Fsp3) is 0.455. The van der Waals surface area contributed by atoms with Crippen LogP contribution in [0.5, 0.6) is 0 Å². The molecule has 0 amide bonds. The van der Waals surface area contributed by atoms with Gasteiger partial charge in [-0.05, 0) is 30.5 Å². The first-order valence-electron chi connectivity index (χ1n) is 4.86. The maximum atomic E-state index is 5.65. The molecule has 1 aromatic rings. The first-order valence-corrected chi connectivity index (χ1v) is 4.86. The molecule has 2 rings (SSSR count). The second-order valence-electron chi connectivity index (χ2n) is 3.83. The van der Waals surface area contributed by atoms with Crippen LogP contribution < -0.4 is 11.1 Å². The lowest BCUT2D eigenvalue weighted by atomic mass is 9.99. The van der Waals surface area contributed by atoms with Crippen LogP contribution in [0.2, 0.25) is 0 Å². The monoisotopic (exact) mass is 176 g/mol. The molecule has 13 heavy (non-hydrogen) atoms. The molecular weight excluding hydrogens is 160 g/mol. The van der Waals surface area contributed by atoms with Crippen LogP contribution in [0.1, 0.15) is 12.5 Å². The fourth-order valence-electron chi connectivity index (χ4n) is 1.83. The van der Waals surface area contributed by atoms with Gasteiger partial charge in [0.05, 0.1) is 0 Å². The molecule has 0 spiro atoms. The zero-order valence-corrected chi connectivity index (χ0v) is 7.96. The van der Waals surface area contributed by atoms with Gasteiger partial charge in [0.1, 0.15) is 0 Å². The molecule has 2 heteroatoms. The summed E-state index contributed by atoms with van der Waals surface area (Å²) in [4.78, 5) is 0. The predicted octanol–water partition coefficient (Wildman–Crippen LogP) is 1.62. The molecule has 0 bridgehead atoms. The Bertz CT molecular complexity index is 271. The highest BCUT2D eigenvalue weighted by molar-refractivity contribution is 5.56. The van der Waals surface area contributed by atoms with Gasteiger partial charge in [-0.2, -0.15) is 0 Å². The fourth-order valence-corrected chi connectivity index (χ4v) is 1.83. The lowest BCUT2D eigenvalue weighted by molar-refractivity contribution is 0.503. The average Bonchev–Trinajstić information content (AvgIpc) is 2.59. The molecule has 1 heterocycles. The Morgan fingerprint density at radius 3 is 3.00 bits per heavy atom. The molecule has 0 saturated heterocycles. The molecule has 1 aliphatic rings. The normalized spacial score (nSPS) is 22.2. The van der Waals surface area contributed by atoms with Crippen LogP contribution in [-0.2, 0) is 6.42 Å². The molecule has 0 aromatic heterocycles. The molecule has 2 atom stereocenters. The SMILES string of the molecule is CC(CN)C1Cc2ccccc2N1. The molecule has 70 valence electrons. The van der Waals surface area contributed by atoms with Gasteiger partial charge in [-0.3, -0.25) is 0 Å². The first kappa shape index (κ1) is 8.57. The summed E-state index contributed by atoms with van der Waals surface area (Å²) in [7, 11) is 0. The van der Waals surface area contributed by atoms with Crippen molar-refractivity contribution in [2.75, 3.05) is 11.9 Å². The van der Waals surface area contributed by atoms with Crippen LogP contribution in [-0.4, -0.2) is 12.6 Å². The van der Waals surface area contributed by atoms with Gasteiger partial charge in [0.25, 0.3) is 0 Å². The van der Waals surface area contributed by atoms with E-state index in [-0.39, 0.29) is 0 Å². The van der Waals surface area contributed by atoms with Crippen molar-refractivity contribution in [2.24, 2.45) is 11.7 Å². The zero-order valence-electron chi connectivity index (χ0n) is 7.96. The Kier molecular flexibility index (Phi) is 2.23. The van der Waals surface area contributed by atoms with E-state index in [1.165, 1.54) is 11.3 Å². The maximum absolute atomic E-state index is 5.65. The minimum Gasteiger partial charge on any atom is -0.381 e. The van der Waals surface area contributed by atoms with E-state index in [2.05, 4.69) is 36.5 Å². The molecule has 1 aliphatic heterocycles. The number of hydrogen-bond donors (Lipinski definition) is 2. The zero-order chi connectivity index (χ0) is 9.26. The molecule has 2 nitrogen and oxygen atoms in total. The van der Waals surface area contributed by atoms with E-state index < -0.39 is 0 Å². The Balaban J connectivity index is 2.14. The van der Waals surface area contributed by atoms with E-state index in [0.717, 1.165) is 13.0 Å². The van der Waals surface area contributed by atoms with Gasteiger partial charge < -0.3 is 11.1 Å². The molecule has 1 aromatic carbocycles. The number of rotatable bonds is 2. The number of nitrogens with two attached hydrogens (primary N) is 1. The molecule has 0 saturated carbocycles. The van der Waals surface area contributed by atoms with Crippen LogP contribution in [0.3, 0.4) is 0 Å². The average molecular weight is 176 g/mol. The predicted molar refractivity (Wildman–Crippen MR) is 55.8 cm³/mol. The van der Waals surface area contributed by atoms with E-state index in [4.69, 9.17) is 5.73 Å². The van der Waals surface area contributed by atoms with Gasteiger partial charge >= 0.3 is 0 Å². The number of anilines is 1. The summed E-state index contributed by atoms with van der Waals surface area (Å²) < 4.78 is 0. The van der Waals surface area contributed by atoms with Crippen molar-refractivity contribution in [1.82, 2.24) is 0 Å². The van der Waals surface area contributed by atoms with Crippen molar-refractivity contribution >= 4 is 5.69 Å². The number of fused-ring (bicyclic) bond motifs is 1. The van der Waals surface area contributed by atoms with Crippen molar-refractivity contribution in [3.05, 3.63) is 29.8 Å². The highest BCUT2D eigenvalue weighted by Crippen LogP contribution is 2.27. The van der Waals surface area contributed by atoms with Gasteiger partial charge in [-0.25, -0.2) is 0 Å². The highest BCUT2D eigenvalue weighted by Gasteiger charge is 2.23. The van der Waals surface area contributed by atoms with Crippen LogP contribution in [0.25, 0.3) is 0 Å². The molecule has 2 unspecified atom stereocenters. The Morgan fingerprint density at radius 1 is 1.54 bits per heavy atom. The molecule has 0 radical (unpaired) electrons. The summed E-state index contributed by atoms with van der Waals surface area (Å²) in [5.74, 6) is 0.549. The Morgan fingerprint density at radius 2 is 2.31 bits per heavy atom. The minimum absolute atomic E-state index is 0.530. The number of para-hydroxylation sites is 1. The minimum atomic E-state index is 0.530. The van der Waals surface area contributed by atoms with Gasteiger partial charge in [-0.15, -0.1) is 0 Å². The van der Waals surface area contributed by atoms with E-state index in [0.29, 0.717) is 12.0 Å². The van der Waals surface area contributed by atoms with Crippen LogP contribution in [0.15, 0.2) is 24.3 Å². The van der Waals surface area contributed by atoms with Crippen LogP contribution >= 0.6 is 0 Å². The van der Waals surface area contributed by atoms with E-state index >= 15 is 0 Å². The summed E-state index contributed by atoms with van der Waals surface area (Å²) in [6.45, 7) is 2.95. The summed E-state index contributed by atoms with van der Waals surface area (Å²) in [5, 5.41) is 3.51. The van der Waals surface area contributed by atoms with Gasteiger partial charge in [0.15, 0.2) is 0 Å². The van der Waals surface area contributed by atoms with Crippen molar-refractivity contribution in [3.8, 4) is 0 Å². The topological polar surface area (TPSA) is 38.0 Å². The van der Waals surface area contributed by atoms with Crippen molar-refractivity contribution in [1.29, 1.82) is 0 Å². The second-order valence-corrected chi connectivity index (χ2v) is 3.83. The van der Waals surface area contributed by atoms with Gasteiger partial charge in [0.2, 0.25) is 0 Å². The van der Waals surface area contributed by atoms with E-state index in [1.54, 1.807) is 0 Å². The summed E-state index contributed by atoms with van der Waals surface area (Å²) in [6.07, 6.45) is 1.12. The molecule has 0 aliphatic carbocycles. The number of benzene rings is 1. The van der Waals surface area contributed by atoms with Crippen molar-refractivity contribution in [2.45, 2.75) is 19.4 Å². The van der Waals surface area contributed by atoms with E-state index in [1.807, 2.05) is 0 Å². The molecular formula is C11H16N2. The quantitative estimate of drug-likeness (QED) is 0.718. The number of nitrogens with one attached hydrogen (secondary N) is 1. The van der Waals surface area contributed by atoms with Gasteiger partial charge in [0, 0.05) is 11.7 Å². The molecule has 0 fully saturated rings. The van der Waals surface area contributed by atoms with Crippen molar-refractivity contribution in [3.63, 3.8) is 0 Å². The third-order valence-corrected chi connectivity index (χ3v) is 2.86. The summed E-state index contributed by atoms with van der Waals surface area (Å²) >= 11 is 0.